The van der Waals surface area contributed by atoms with E-state index in [1.54, 1.807) is 12.1 Å². The van der Waals surface area contributed by atoms with E-state index in [-0.39, 0.29) is 45.4 Å². The van der Waals surface area contributed by atoms with Crippen LogP contribution in [0.25, 0.3) is 5.32 Å². The van der Waals surface area contributed by atoms with Crippen molar-refractivity contribution in [2.45, 2.75) is 18.9 Å². The van der Waals surface area contributed by atoms with E-state index < -0.39 is 17.9 Å². The number of nitrogens with one attached hydrogen (secondary N) is 1. The van der Waals surface area contributed by atoms with E-state index in [2.05, 4.69) is 16.7 Å². The van der Waals surface area contributed by atoms with E-state index in [1.165, 1.54) is 13.2 Å². The van der Waals surface area contributed by atoms with Gasteiger partial charge in [-0.2, -0.15) is 0 Å². The van der Waals surface area contributed by atoms with Crippen LogP contribution in [-0.4, -0.2) is 30.9 Å². The van der Waals surface area contributed by atoms with Crippen LogP contribution in [0.4, 0.5) is 0 Å². The number of hydrogen-bond acceptors (Lipinski definition) is 4. The van der Waals surface area contributed by atoms with Gasteiger partial charge in [0.15, 0.2) is 0 Å². The first-order valence-electron chi connectivity index (χ1n) is 5.75. The van der Waals surface area contributed by atoms with Crippen molar-refractivity contribution < 1.29 is 40.2 Å². The zero-order valence-electron chi connectivity index (χ0n) is 10.7. The summed E-state index contributed by atoms with van der Waals surface area (Å²) in [6, 6.07) is 6.62. The summed E-state index contributed by atoms with van der Waals surface area (Å²) in [4.78, 5) is 34.3. The molecule has 0 saturated carbocycles. The van der Waals surface area contributed by atoms with Crippen molar-refractivity contribution >= 4 is 17.7 Å². The van der Waals surface area contributed by atoms with Crippen molar-refractivity contribution in [3.63, 3.8) is 0 Å². The first kappa shape index (κ1) is 16.4. The van der Waals surface area contributed by atoms with Crippen LogP contribution >= 0.6 is 0 Å². The second-order valence-electron chi connectivity index (χ2n) is 4.04. The van der Waals surface area contributed by atoms with Crippen LogP contribution in [-0.2, 0) is 30.7 Å². The van der Waals surface area contributed by atoms with E-state index in [1.807, 2.05) is 0 Å². The minimum Gasteiger partial charge on any atom is -0.684 e. The number of benzene rings is 1. The van der Waals surface area contributed by atoms with Crippen molar-refractivity contribution in [2.75, 3.05) is 7.11 Å². The van der Waals surface area contributed by atoms with Crippen molar-refractivity contribution in [1.82, 2.24) is 5.32 Å². The third-order valence-corrected chi connectivity index (χ3v) is 2.72. The Kier molecular flexibility index (Phi) is 5.89. The largest absolute Gasteiger partial charge is 2.00 e. The fraction of sp³-hybridized carbons (Fsp3) is 0.308. The van der Waals surface area contributed by atoms with Crippen LogP contribution in [0, 0.1) is 6.07 Å². The number of imide groups is 1. The molecule has 1 atom stereocenters. The Morgan fingerprint density at radius 3 is 2.90 bits per heavy atom. The zero-order valence-corrected chi connectivity index (χ0v) is 13.6. The van der Waals surface area contributed by atoms with Gasteiger partial charge in [0.1, 0.15) is 0 Å². The number of carbonyl (C=O) groups excluding carboxylic acids is 3. The van der Waals surface area contributed by atoms with E-state index in [0.717, 1.165) is 0 Å². The molecule has 1 aliphatic rings. The van der Waals surface area contributed by atoms with Gasteiger partial charge >= 0.3 is 21.1 Å². The number of hydrogen-bond donors (Lipinski definition) is 1. The monoisotopic (exact) mass is 444 g/mol. The summed E-state index contributed by atoms with van der Waals surface area (Å²) in [7, 11) is 1.49. The summed E-state index contributed by atoms with van der Waals surface area (Å²) in [5.41, 5.74) is 0.226. The predicted molar refractivity (Wildman–Crippen MR) is 65.7 cm³/mol. The van der Waals surface area contributed by atoms with Gasteiger partial charge in [0.2, 0.25) is 11.8 Å². The Bertz CT molecular complexity index is 533. The summed E-state index contributed by atoms with van der Waals surface area (Å²) in [6.07, 6.45) is 0.440. The fourth-order valence-electron chi connectivity index (χ4n) is 1.71. The minimum atomic E-state index is -0.815. The van der Waals surface area contributed by atoms with Crippen LogP contribution in [0.3, 0.4) is 0 Å². The van der Waals surface area contributed by atoms with Gasteiger partial charge in [0.05, 0.1) is 7.11 Å². The van der Waals surface area contributed by atoms with E-state index >= 15 is 0 Å². The maximum atomic E-state index is 11.9. The Balaban J connectivity index is 0.00000200. The van der Waals surface area contributed by atoms with Crippen molar-refractivity contribution in [3.8, 4) is 5.75 Å². The molecule has 1 aromatic carbocycles. The first-order valence-corrected chi connectivity index (χ1v) is 5.75. The molecule has 3 amide bonds. The Labute approximate surface area is 130 Å². The maximum absolute atomic E-state index is 11.9. The van der Waals surface area contributed by atoms with Crippen LogP contribution in [0.1, 0.15) is 23.2 Å². The van der Waals surface area contributed by atoms with Gasteiger partial charge < -0.3 is 14.8 Å². The molecule has 0 aliphatic carbocycles. The van der Waals surface area contributed by atoms with Crippen LogP contribution in [0.5, 0.6) is 5.75 Å². The smallest absolute Gasteiger partial charge is 0.684 e. The summed E-state index contributed by atoms with van der Waals surface area (Å²) >= 11 is 0. The molecule has 0 radical (unpaired) electrons. The number of methoxy groups -OCH3 is 1. The summed E-state index contributed by atoms with van der Waals surface area (Å²) < 4.78 is 4.99. The Hall–Kier alpha value is -1.68. The van der Waals surface area contributed by atoms with E-state index in [9.17, 15) is 14.4 Å². The van der Waals surface area contributed by atoms with E-state index in [4.69, 9.17) is 4.74 Å². The Morgan fingerprint density at radius 2 is 2.25 bits per heavy atom. The van der Waals surface area contributed by atoms with Gasteiger partial charge in [0.25, 0.3) is 0 Å². The molecule has 1 aromatic rings. The molecule has 1 saturated heterocycles. The maximum Gasteiger partial charge on any atom is 2.00 e. The van der Waals surface area contributed by atoms with Crippen molar-refractivity contribution in [2.24, 2.45) is 0 Å². The fourth-order valence-corrected chi connectivity index (χ4v) is 1.71. The molecule has 0 unspecified atom stereocenters. The van der Waals surface area contributed by atoms with Gasteiger partial charge in [0, 0.05) is 12.2 Å². The minimum absolute atomic E-state index is 0. The number of nitrogens with zero attached hydrogens (tertiary/aromatic N) is 1. The normalized spacial score (nSPS) is 17.8. The quantitative estimate of drug-likeness (QED) is 0.553. The first-order chi connectivity index (χ1) is 9.10. The predicted octanol–water partition coefficient (Wildman–Crippen LogP) is 0.812. The number of piperidine rings is 1. The van der Waals surface area contributed by atoms with Gasteiger partial charge in [-0.3, -0.25) is 14.9 Å². The average Bonchev–Trinajstić information content (AvgIpc) is 2.42. The van der Waals surface area contributed by atoms with Gasteiger partial charge in [-0.25, -0.2) is 0 Å². The summed E-state index contributed by atoms with van der Waals surface area (Å²) in [5, 5.41) is 5.96. The van der Waals surface area contributed by atoms with Gasteiger partial charge in [-0.05, 0) is 18.4 Å². The molecule has 0 bridgehead atoms. The van der Waals surface area contributed by atoms with Gasteiger partial charge in [-0.1, -0.05) is 0 Å². The second-order valence-corrected chi connectivity index (χ2v) is 4.04. The topological polar surface area (TPSA) is 86.6 Å². The van der Waals surface area contributed by atoms with Crippen LogP contribution in [0.15, 0.2) is 18.2 Å². The third-order valence-electron chi connectivity index (χ3n) is 2.72. The van der Waals surface area contributed by atoms with Crippen LogP contribution < -0.4 is 10.1 Å². The molecule has 20 heavy (non-hydrogen) atoms. The molecule has 7 heteroatoms. The number of amides is 3. The molecule has 1 fully saturated rings. The molecule has 1 aliphatic heterocycles. The Morgan fingerprint density at radius 1 is 1.50 bits per heavy atom. The number of rotatable bonds is 3. The molecular formula is C13H12N2O4W. The molecule has 0 spiro atoms. The third kappa shape index (κ3) is 3.90. The average molecular weight is 444 g/mol. The second kappa shape index (κ2) is 7.19. The zero-order chi connectivity index (χ0) is 13.8. The van der Waals surface area contributed by atoms with Crippen LogP contribution in [0.2, 0.25) is 0 Å². The molecule has 6 nitrogen and oxygen atoms in total. The van der Waals surface area contributed by atoms with Crippen molar-refractivity contribution in [1.29, 1.82) is 0 Å². The SMILES string of the molecule is COc1cc[c-]c(C(=O)[N-][C@@H]2CCC(=O)NC2=O)c1.[W+2]. The molecule has 104 valence electrons. The summed E-state index contributed by atoms with van der Waals surface area (Å²) in [6.45, 7) is 0. The standard InChI is InChI=1S/C13H13N2O4.W/c1-19-9-4-2-3-8(7-9)12(17)14-10-5-6-11(16)15-13(10)18;/h2,4,7,10H,5-6H2,1H3,(H2,14,15,16,17,18);/q-1;+2/p-1/t10-;/m1./s1. The molecule has 2 rings (SSSR count). The van der Waals surface area contributed by atoms with Crippen molar-refractivity contribution in [3.05, 3.63) is 35.1 Å². The molecule has 1 N–H and O–H groups in total. The molecular weight excluding hydrogens is 432 g/mol. The summed E-state index contributed by atoms with van der Waals surface area (Å²) in [5.74, 6) is -0.904. The van der Waals surface area contributed by atoms with E-state index in [0.29, 0.717) is 5.75 Å². The van der Waals surface area contributed by atoms with Gasteiger partial charge in [-0.15, -0.1) is 29.8 Å². The number of ether oxygens (including phenoxy) is 1. The number of carbonyl (C=O) groups is 3. The molecule has 0 aromatic heterocycles. The molecule has 1 heterocycles.